The van der Waals surface area contributed by atoms with Crippen LogP contribution in [0.25, 0.3) is 0 Å². The average Bonchev–Trinajstić information content (AvgIpc) is 3.09. The van der Waals surface area contributed by atoms with Crippen molar-refractivity contribution in [2.24, 2.45) is 0 Å². The lowest BCUT2D eigenvalue weighted by molar-refractivity contribution is 0.0940. The molecule has 124 valence electrons. The van der Waals surface area contributed by atoms with Gasteiger partial charge in [0.2, 0.25) is 0 Å². The Morgan fingerprint density at radius 3 is 2.70 bits per heavy atom. The molecule has 1 aromatic heterocycles. The summed E-state index contributed by atoms with van der Waals surface area (Å²) < 4.78 is 15.9. The van der Waals surface area contributed by atoms with E-state index in [-0.39, 0.29) is 11.9 Å². The summed E-state index contributed by atoms with van der Waals surface area (Å²) in [5.41, 5.74) is 1.62. The molecule has 1 aromatic carbocycles. The van der Waals surface area contributed by atoms with E-state index >= 15 is 0 Å². The van der Waals surface area contributed by atoms with Gasteiger partial charge in [0.25, 0.3) is 5.91 Å². The molecular weight excluding hydrogens is 314 g/mol. The Hall–Kier alpha value is -2.05. The van der Waals surface area contributed by atoms with Crippen LogP contribution in [0.4, 0.5) is 0 Å². The first-order chi connectivity index (χ1) is 11.2. The van der Waals surface area contributed by atoms with Gasteiger partial charge in [0, 0.05) is 12.5 Å². The second-order valence-electron chi connectivity index (χ2n) is 4.96. The van der Waals surface area contributed by atoms with Crippen LogP contribution >= 0.6 is 11.3 Å². The van der Waals surface area contributed by atoms with E-state index in [1.165, 1.54) is 11.3 Å². The van der Waals surface area contributed by atoms with Gasteiger partial charge in [-0.05, 0) is 36.1 Å². The first kappa shape index (κ1) is 17.3. The number of hydrogen-bond donors (Lipinski definition) is 1. The van der Waals surface area contributed by atoms with Crippen LogP contribution in [0.15, 0.2) is 35.0 Å². The average molecular weight is 335 g/mol. The van der Waals surface area contributed by atoms with E-state index in [9.17, 15) is 4.79 Å². The van der Waals surface area contributed by atoms with E-state index in [0.29, 0.717) is 30.3 Å². The van der Waals surface area contributed by atoms with E-state index < -0.39 is 0 Å². The summed E-state index contributed by atoms with van der Waals surface area (Å²) >= 11 is 1.50. The van der Waals surface area contributed by atoms with Gasteiger partial charge in [-0.1, -0.05) is 6.07 Å². The van der Waals surface area contributed by atoms with Crippen molar-refractivity contribution in [3.63, 3.8) is 0 Å². The lowest BCUT2D eigenvalue weighted by Gasteiger charge is -2.17. The molecule has 2 rings (SSSR count). The highest BCUT2D eigenvalue weighted by molar-refractivity contribution is 7.08. The molecule has 0 radical (unpaired) electrons. The number of carbonyl (C=O) groups is 1. The third-order valence-electron chi connectivity index (χ3n) is 3.36. The van der Waals surface area contributed by atoms with Crippen LogP contribution in [-0.4, -0.2) is 33.3 Å². The van der Waals surface area contributed by atoms with Crippen molar-refractivity contribution in [1.29, 1.82) is 0 Å². The molecule has 0 saturated heterocycles. The minimum absolute atomic E-state index is 0.0851. The number of thiophene rings is 1. The minimum Gasteiger partial charge on any atom is -0.493 e. The molecule has 6 heteroatoms. The molecule has 23 heavy (non-hydrogen) atoms. The van der Waals surface area contributed by atoms with Crippen molar-refractivity contribution in [1.82, 2.24) is 5.32 Å². The number of rotatable bonds is 8. The molecule has 0 saturated carbocycles. The molecule has 0 aliphatic carbocycles. The molecule has 0 spiro atoms. The summed E-state index contributed by atoms with van der Waals surface area (Å²) in [6, 6.07) is 7.31. The minimum atomic E-state index is -0.135. The predicted octanol–water partition coefficient (Wildman–Crippen LogP) is 3.27. The van der Waals surface area contributed by atoms with Gasteiger partial charge in [-0.25, -0.2) is 0 Å². The number of amides is 1. The molecule has 1 N–H and O–H groups in total. The molecule has 2 aromatic rings. The fourth-order valence-corrected chi connectivity index (χ4v) is 2.70. The molecule has 0 bridgehead atoms. The van der Waals surface area contributed by atoms with Gasteiger partial charge in [0.1, 0.15) is 6.61 Å². The first-order valence-electron chi connectivity index (χ1n) is 7.28. The monoisotopic (exact) mass is 335 g/mol. The van der Waals surface area contributed by atoms with Gasteiger partial charge in [0.15, 0.2) is 11.5 Å². The van der Waals surface area contributed by atoms with Crippen LogP contribution in [0.3, 0.4) is 0 Å². The lowest BCUT2D eigenvalue weighted by Crippen LogP contribution is -2.26. The van der Waals surface area contributed by atoms with Crippen LogP contribution in [0.1, 0.15) is 28.9 Å². The zero-order valence-corrected chi connectivity index (χ0v) is 14.3. The SMILES string of the molecule is COCCOc1ccc([C@H](C)NC(=O)c2ccsc2)cc1OC. The van der Waals surface area contributed by atoms with Crippen LogP contribution in [0.2, 0.25) is 0 Å². The Balaban J connectivity index is 2.05. The van der Waals surface area contributed by atoms with Crippen molar-refractivity contribution < 1.29 is 19.0 Å². The summed E-state index contributed by atoms with van der Waals surface area (Å²) in [5, 5.41) is 6.69. The number of benzene rings is 1. The second-order valence-corrected chi connectivity index (χ2v) is 5.74. The molecule has 1 amide bonds. The number of nitrogens with one attached hydrogen (secondary N) is 1. The molecule has 0 unspecified atom stereocenters. The number of ether oxygens (including phenoxy) is 3. The summed E-state index contributed by atoms with van der Waals surface area (Å²) in [5.74, 6) is 1.21. The third-order valence-corrected chi connectivity index (χ3v) is 4.05. The quantitative estimate of drug-likeness (QED) is 0.752. The van der Waals surface area contributed by atoms with Gasteiger partial charge < -0.3 is 19.5 Å². The maximum atomic E-state index is 12.1. The first-order valence-corrected chi connectivity index (χ1v) is 8.22. The van der Waals surface area contributed by atoms with Gasteiger partial charge in [-0.3, -0.25) is 4.79 Å². The normalized spacial score (nSPS) is 11.8. The van der Waals surface area contributed by atoms with Crippen molar-refractivity contribution in [3.05, 3.63) is 46.2 Å². The molecular formula is C17H21NO4S. The van der Waals surface area contributed by atoms with Gasteiger partial charge in [-0.15, -0.1) is 0 Å². The zero-order valence-electron chi connectivity index (χ0n) is 13.5. The largest absolute Gasteiger partial charge is 0.493 e. The fraction of sp³-hybridized carbons (Fsp3) is 0.353. The lowest BCUT2D eigenvalue weighted by atomic mass is 10.1. The smallest absolute Gasteiger partial charge is 0.252 e. The standard InChI is InChI=1S/C17H21NO4S/c1-12(18-17(19)14-6-9-23-11-14)13-4-5-15(16(10-13)21-3)22-8-7-20-2/h4-6,9-12H,7-8H2,1-3H3,(H,18,19)/t12-/m0/s1. The highest BCUT2D eigenvalue weighted by Gasteiger charge is 2.14. The van der Waals surface area contributed by atoms with Gasteiger partial charge >= 0.3 is 0 Å². The molecule has 0 aliphatic rings. The van der Waals surface area contributed by atoms with Crippen molar-refractivity contribution in [2.75, 3.05) is 27.4 Å². The van der Waals surface area contributed by atoms with Crippen LogP contribution in [-0.2, 0) is 4.74 Å². The van der Waals surface area contributed by atoms with Crippen LogP contribution < -0.4 is 14.8 Å². The maximum absolute atomic E-state index is 12.1. The van der Waals surface area contributed by atoms with E-state index in [1.807, 2.05) is 35.9 Å². The molecule has 5 nitrogen and oxygen atoms in total. The summed E-state index contributed by atoms with van der Waals surface area (Å²) in [6.07, 6.45) is 0. The summed E-state index contributed by atoms with van der Waals surface area (Å²) in [7, 11) is 3.22. The van der Waals surface area contributed by atoms with Crippen molar-refractivity contribution >= 4 is 17.2 Å². The predicted molar refractivity (Wildman–Crippen MR) is 90.6 cm³/mol. The van der Waals surface area contributed by atoms with E-state index in [4.69, 9.17) is 14.2 Å². The van der Waals surface area contributed by atoms with E-state index in [2.05, 4.69) is 5.32 Å². The Bertz CT molecular complexity index is 628. The molecule has 0 aliphatic heterocycles. The Kier molecular flexibility index (Phi) is 6.43. The van der Waals surface area contributed by atoms with Crippen molar-refractivity contribution in [3.8, 4) is 11.5 Å². The highest BCUT2D eigenvalue weighted by Crippen LogP contribution is 2.30. The summed E-state index contributed by atoms with van der Waals surface area (Å²) in [6.45, 7) is 2.90. The Morgan fingerprint density at radius 2 is 2.04 bits per heavy atom. The van der Waals surface area contributed by atoms with E-state index in [1.54, 1.807) is 20.3 Å². The van der Waals surface area contributed by atoms with Gasteiger partial charge in [0.05, 0.1) is 25.3 Å². The highest BCUT2D eigenvalue weighted by atomic mass is 32.1. The second kappa shape index (κ2) is 8.55. The van der Waals surface area contributed by atoms with Gasteiger partial charge in [-0.2, -0.15) is 11.3 Å². The number of hydrogen-bond acceptors (Lipinski definition) is 5. The molecule has 1 heterocycles. The van der Waals surface area contributed by atoms with Crippen LogP contribution in [0.5, 0.6) is 11.5 Å². The van der Waals surface area contributed by atoms with Crippen LogP contribution in [0, 0.1) is 0 Å². The number of carbonyl (C=O) groups excluding carboxylic acids is 1. The Labute approximate surface area is 140 Å². The zero-order chi connectivity index (χ0) is 16.7. The third kappa shape index (κ3) is 4.71. The summed E-state index contributed by atoms with van der Waals surface area (Å²) in [4.78, 5) is 12.1. The molecule has 0 fully saturated rings. The fourth-order valence-electron chi connectivity index (χ4n) is 2.06. The van der Waals surface area contributed by atoms with E-state index in [0.717, 1.165) is 5.56 Å². The Morgan fingerprint density at radius 1 is 1.22 bits per heavy atom. The topological polar surface area (TPSA) is 56.8 Å². The maximum Gasteiger partial charge on any atom is 0.252 e. The number of methoxy groups -OCH3 is 2. The van der Waals surface area contributed by atoms with Crippen molar-refractivity contribution in [2.45, 2.75) is 13.0 Å². The molecule has 1 atom stereocenters.